The number of hydrogen-bond donors (Lipinski definition) is 1. The average Bonchev–Trinajstić information content (AvgIpc) is 3.01. The number of piperidine rings is 1. The lowest BCUT2D eigenvalue weighted by molar-refractivity contribution is 0.300. The Morgan fingerprint density at radius 2 is 1.88 bits per heavy atom. The second kappa shape index (κ2) is 6.58. The summed E-state index contributed by atoms with van der Waals surface area (Å²) in [5.41, 5.74) is 3.41. The molecule has 3 rings (SSSR count). The molecule has 0 amide bonds. The van der Waals surface area contributed by atoms with Crippen LogP contribution >= 0.6 is 0 Å². The molecule has 24 heavy (non-hydrogen) atoms. The number of H-pyrrole nitrogens is 1. The molecule has 2 aromatic rings. The van der Waals surface area contributed by atoms with Gasteiger partial charge in [-0.2, -0.15) is 22.1 Å². The van der Waals surface area contributed by atoms with Crippen molar-refractivity contribution in [2.24, 2.45) is 0 Å². The van der Waals surface area contributed by atoms with Crippen LogP contribution in [-0.2, 0) is 10.2 Å². The summed E-state index contributed by atoms with van der Waals surface area (Å²) in [4.78, 5) is 8.96. The van der Waals surface area contributed by atoms with Crippen molar-refractivity contribution in [3.8, 4) is 11.4 Å². The van der Waals surface area contributed by atoms with E-state index in [9.17, 15) is 8.42 Å². The van der Waals surface area contributed by atoms with E-state index in [2.05, 4.69) is 20.2 Å². The molecule has 2 aromatic heterocycles. The van der Waals surface area contributed by atoms with Crippen LogP contribution in [0.5, 0.6) is 0 Å². The monoisotopic (exact) mass is 350 g/mol. The third kappa shape index (κ3) is 3.19. The summed E-state index contributed by atoms with van der Waals surface area (Å²) in [6.07, 6.45) is 4.79. The zero-order chi connectivity index (χ0) is 17.3. The summed E-state index contributed by atoms with van der Waals surface area (Å²) in [6, 6.07) is 1.94. The number of aromatic nitrogens is 4. The van der Waals surface area contributed by atoms with Gasteiger partial charge in [0.1, 0.15) is 11.4 Å². The molecule has 1 saturated heterocycles. The van der Waals surface area contributed by atoms with Gasteiger partial charge in [0, 0.05) is 51.2 Å². The van der Waals surface area contributed by atoms with E-state index in [0.717, 1.165) is 35.6 Å². The number of rotatable bonds is 4. The molecule has 9 heteroatoms. The molecule has 0 spiro atoms. The van der Waals surface area contributed by atoms with Gasteiger partial charge in [-0.3, -0.25) is 15.1 Å². The molecule has 0 atom stereocenters. The fraction of sp³-hybridized carbons (Fsp3) is 0.533. The Morgan fingerprint density at radius 3 is 2.46 bits per heavy atom. The third-order valence-electron chi connectivity index (χ3n) is 4.30. The van der Waals surface area contributed by atoms with Crippen LogP contribution in [0.15, 0.2) is 18.5 Å². The highest BCUT2D eigenvalue weighted by Gasteiger charge is 2.31. The van der Waals surface area contributed by atoms with Crippen molar-refractivity contribution in [2.75, 3.05) is 27.2 Å². The molecule has 0 aliphatic carbocycles. The largest absolute Gasteiger partial charge is 0.282 e. The molecule has 0 bridgehead atoms. The summed E-state index contributed by atoms with van der Waals surface area (Å²) < 4.78 is 27.2. The lowest BCUT2D eigenvalue weighted by atomic mass is 9.92. The van der Waals surface area contributed by atoms with Crippen molar-refractivity contribution in [2.45, 2.75) is 25.7 Å². The van der Waals surface area contributed by atoms with Gasteiger partial charge in [0.2, 0.25) is 0 Å². The smallest absolute Gasteiger partial charge is 0.281 e. The van der Waals surface area contributed by atoms with Crippen LogP contribution in [0.1, 0.15) is 30.1 Å². The van der Waals surface area contributed by atoms with Gasteiger partial charge in [-0.25, -0.2) is 0 Å². The Hall–Kier alpha value is -1.84. The van der Waals surface area contributed by atoms with Gasteiger partial charge >= 0.3 is 0 Å². The number of hydrogen-bond acceptors (Lipinski definition) is 5. The van der Waals surface area contributed by atoms with E-state index in [1.54, 1.807) is 26.5 Å². The van der Waals surface area contributed by atoms with Crippen molar-refractivity contribution in [3.63, 3.8) is 0 Å². The first-order valence-corrected chi connectivity index (χ1v) is 9.30. The summed E-state index contributed by atoms with van der Waals surface area (Å²) in [7, 11) is -0.236. The first kappa shape index (κ1) is 17.0. The van der Waals surface area contributed by atoms with Gasteiger partial charge in [-0.1, -0.05) is 0 Å². The number of aryl methyl sites for hydroxylation is 1. The van der Waals surface area contributed by atoms with Crippen molar-refractivity contribution in [1.82, 2.24) is 28.8 Å². The third-order valence-corrected chi connectivity index (χ3v) is 6.24. The average molecular weight is 350 g/mol. The van der Waals surface area contributed by atoms with E-state index in [-0.39, 0.29) is 5.92 Å². The van der Waals surface area contributed by atoms with E-state index in [1.165, 1.54) is 8.61 Å². The Kier molecular flexibility index (Phi) is 4.66. The fourth-order valence-corrected chi connectivity index (χ4v) is 4.11. The number of nitrogens with zero attached hydrogens (tertiary/aromatic N) is 5. The molecule has 1 N–H and O–H groups in total. The lowest BCUT2D eigenvalue weighted by Crippen LogP contribution is -2.44. The molecule has 3 heterocycles. The van der Waals surface area contributed by atoms with E-state index >= 15 is 0 Å². The zero-order valence-electron chi connectivity index (χ0n) is 14.1. The quantitative estimate of drug-likeness (QED) is 0.893. The summed E-state index contributed by atoms with van der Waals surface area (Å²) in [5, 5.41) is 7.20. The molecule has 0 unspecified atom stereocenters. The van der Waals surface area contributed by atoms with Gasteiger partial charge in [0.05, 0.1) is 5.69 Å². The molecule has 130 valence electrons. The number of aromatic amines is 1. The normalized spacial score (nSPS) is 17.5. The molecule has 0 saturated carbocycles. The highest BCUT2D eigenvalue weighted by molar-refractivity contribution is 7.86. The van der Waals surface area contributed by atoms with Gasteiger partial charge in [-0.05, 0) is 25.8 Å². The van der Waals surface area contributed by atoms with Gasteiger partial charge in [-0.15, -0.1) is 0 Å². The maximum atomic E-state index is 12.2. The first-order valence-electron chi connectivity index (χ1n) is 7.90. The maximum Gasteiger partial charge on any atom is 0.281 e. The standard InChI is InChI=1S/C15H22N6O2S/c1-11-10-13(19-18-11)15-14(16-6-7-17-15)12-4-8-21(9-5-12)24(22,23)20(2)3/h6-7,10,12H,4-5,8-9H2,1-3H3,(H,18,19). The van der Waals surface area contributed by atoms with E-state index in [0.29, 0.717) is 13.1 Å². The van der Waals surface area contributed by atoms with Gasteiger partial charge in [0.15, 0.2) is 0 Å². The Balaban J connectivity index is 1.81. The minimum Gasteiger partial charge on any atom is -0.282 e. The first-order chi connectivity index (χ1) is 11.4. The minimum absolute atomic E-state index is 0.180. The molecule has 8 nitrogen and oxygen atoms in total. The summed E-state index contributed by atoms with van der Waals surface area (Å²) in [6.45, 7) is 2.92. The van der Waals surface area contributed by atoms with Crippen LogP contribution in [0, 0.1) is 6.92 Å². The lowest BCUT2D eigenvalue weighted by Gasteiger charge is -2.32. The van der Waals surface area contributed by atoms with Gasteiger partial charge in [0.25, 0.3) is 10.2 Å². The highest BCUT2D eigenvalue weighted by Crippen LogP contribution is 2.32. The Bertz CT molecular complexity index is 809. The van der Waals surface area contributed by atoms with Crippen molar-refractivity contribution < 1.29 is 8.42 Å². The van der Waals surface area contributed by atoms with Crippen molar-refractivity contribution in [3.05, 3.63) is 29.8 Å². The van der Waals surface area contributed by atoms with Crippen LogP contribution in [0.4, 0.5) is 0 Å². The minimum atomic E-state index is -3.35. The Morgan fingerprint density at radius 1 is 1.21 bits per heavy atom. The van der Waals surface area contributed by atoms with Gasteiger partial charge < -0.3 is 0 Å². The summed E-state index contributed by atoms with van der Waals surface area (Å²) in [5.74, 6) is 0.180. The zero-order valence-corrected chi connectivity index (χ0v) is 14.9. The predicted molar refractivity (Wildman–Crippen MR) is 90.5 cm³/mol. The topological polar surface area (TPSA) is 95.1 Å². The molecule has 1 fully saturated rings. The second-order valence-corrected chi connectivity index (χ2v) is 8.33. The highest BCUT2D eigenvalue weighted by atomic mass is 32.2. The summed E-state index contributed by atoms with van der Waals surface area (Å²) >= 11 is 0. The molecular formula is C15H22N6O2S. The Labute approximate surface area is 142 Å². The van der Waals surface area contributed by atoms with Crippen molar-refractivity contribution >= 4 is 10.2 Å². The number of nitrogens with one attached hydrogen (secondary N) is 1. The van der Waals surface area contributed by atoms with E-state index < -0.39 is 10.2 Å². The van der Waals surface area contributed by atoms with E-state index in [1.807, 2.05) is 13.0 Å². The second-order valence-electron chi connectivity index (χ2n) is 6.19. The molecule has 1 aliphatic rings. The fourth-order valence-electron chi connectivity index (χ4n) is 2.98. The molecule has 0 aromatic carbocycles. The molecular weight excluding hydrogens is 328 g/mol. The van der Waals surface area contributed by atoms with Crippen molar-refractivity contribution in [1.29, 1.82) is 0 Å². The van der Waals surface area contributed by atoms with Crippen LogP contribution < -0.4 is 0 Å². The molecule has 1 aliphatic heterocycles. The molecule has 0 radical (unpaired) electrons. The maximum absolute atomic E-state index is 12.2. The van der Waals surface area contributed by atoms with Crippen LogP contribution in [0.3, 0.4) is 0 Å². The SMILES string of the molecule is Cc1cc(-c2nccnc2C2CCN(S(=O)(=O)N(C)C)CC2)n[nH]1. The van der Waals surface area contributed by atoms with Crippen LogP contribution in [0.2, 0.25) is 0 Å². The van der Waals surface area contributed by atoms with E-state index in [4.69, 9.17) is 0 Å². The van der Waals surface area contributed by atoms with Crippen LogP contribution in [-0.4, -0.2) is 64.4 Å². The predicted octanol–water partition coefficient (Wildman–Crippen LogP) is 1.16. The van der Waals surface area contributed by atoms with Crippen LogP contribution in [0.25, 0.3) is 11.4 Å².